The minimum absolute atomic E-state index is 0.662. The van der Waals surface area contributed by atoms with E-state index in [0.717, 1.165) is 13.1 Å². The molecule has 2 heteroatoms. The molecule has 15 heavy (non-hydrogen) atoms. The molecule has 1 atom stereocenters. The lowest BCUT2D eigenvalue weighted by atomic mass is 10.1. The summed E-state index contributed by atoms with van der Waals surface area (Å²) in [6.07, 6.45) is 1.17. The fraction of sp³-hybridized carbons (Fsp3) is 0.538. The maximum absolute atomic E-state index is 3.39. The van der Waals surface area contributed by atoms with Crippen LogP contribution >= 0.6 is 0 Å². The van der Waals surface area contributed by atoms with Gasteiger partial charge in [-0.15, -0.1) is 0 Å². The van der Waals surface area contributed by atoms with Gasteiger partial charge >= 0.3 is 0 Å². The Morgan fingerprint density at radius 2 is 1.87 bits per heavy atom. The van der Waals surface area contributed by atoms with Crippen molar-refractivity contribution in [2.75, 3.05) is 26.2 Å². The second kappa shape index (κ2) is 5.29. The molecule has 1 heterocycles. The molecule has 82 valence electrons. The number of piperazine rings is 1. The van der Waals surface area contributed by atoms with Crippen LogP contribution < -0.4 is 5.32 Å². The maximum atomic E-state index is 3.39. The van der Waals surface area contributed by atoms with Crippen LogP contribution in [0.25, 0.3) is 0 Å². The van der Waals surface area contributed by atoms with Crippen molar-refractivity contribution >= 4 is 0 Å². The predicted molar refractivity (Wildman–Crippen MR) is 64.1 cm³/mol. The minimum atomic E-state index is 0.662. The molecule has 1 saturated heterocycles. The molecule has 1 aromatic rings. The smallest absolute Gasteiger partial charge is 0.0110 e. The van der Waals surface area contributed by atoms with Gasteiger partial charge < -0.3 is 5.32 Å². The van der Waals surface area contributed by atoms with E-state index in [4.69, 9.17) is 0 Å². The number of benzene rings is 1. The molecule has 0 bridgehead atoms. The van der Waals surface area contributed by atoms with Crippen LogP contribution in [0.15, 0.2) is 30.3 Å². The molecular weight excluding hydrogens is 184 g/mol. The lowest BCUT2D eigenvalue weighted by molar-refractivity contribution is 0.183. The third-order valence-electron chi connectivity index (χ3n) is 3.15. The van der Waals surface area contributed by atoms with Gasteiger partial charge in [-0.2, -0.15) is 0 Å². The Morgan fingerprint density at radius 3 is 2.53 bits per heavy atom. The number of rotatable bonds is 3. The SMILES string of the molecule is CC(Cc1ccccc1)N1CCNCC1. The van der Waals surface area contributed by atoms with Gasteiger partial charge in [-0.1, -0.05) is 30.3 Å². The zero-order valence-corrected chi connectivity index (χ0v) is 9.45. The third-order valence-corrected chi connectivity index (χ3v) is 3.15. The lowest BCUT2D eigenvalue weighted by Crippen LogP contribution is -2.48. The highest BCUT2D eigenvalue weighted by Gasteiger charge is 2.16. The van der Waals surface area contributed by atoms with Crippen molar-refractivity contribution in [3.05, 3.63) is 35.9 Å². The van der Waals surface area contributed by atoms with Crippen LogP contribution in [-0.2, 0) is 6.42 Å². The standard InChI is InChI=1S/C13H20N2/c1-12(15-9-7-14-8-10-15)11-13-5-3-2-4-6-13/h2-6,12,14H,7-11H2,1H3. The minimum Gasteiger partial charge on any atom is -0.314 e. The van der Waals surface area contributed by atoms with Crippen LogP contribution in [0.5, 0.6) is 0 Å². The summed E-state index contributed by atoms with van der Waals surface area (Å²) < 4.78 is 0. The van der Waals surface area contributed by atoms with Crippen LogP contribution in [0.2, 0.25) is 0 Å². The van der Waals surface area contributed by atoms with Gasteiger partial charge in [0.1, 0.15) is 0 Å². The van der Waals surface area contributed by atoms with Crippen LogP contribution in [0.4, 0.5) is 0 Å². The summed E-state index contributed by atoms with van der Waals surface area (Å²) in [6, 6.07) is 11.4. The second-order valence-electron chi connectivity index (χ2n) is 4.32. The molecule has 0 aliphatic carbocycles. The molecule has 2 nitrogen and oxygen atoms in total. The van der Waals surface area contributed by atoms with Crippen LogP contribution in [0.1, 0.15) is 12.5 Å². The Balaban J connectivity index is 1.88. The molecule has 1 unspecified atom stereocenters. The van der Waals surface area contributed by atoms with Gasteiger partial charge in [0.05, 0.1) is 0 Å². The summed E-state index contributed by atoms with van der Waals surface area (Å²) in [5, 5.41) is 3.39. The normalized spacial score (nSPS) is 20.1. The van der Waals surface area contributed by atoms with Crippen molar-refractivity contribution < 1.29 is 0 Å². The molecule has 1 fully saturated rings. The van der Waals surface area contributed by atoms with Gasteiger partial charge in [0.15, 0.2) is 0 Å². The molecule has 1 aliphatic heterocycles. The van der Waals surface area contributed by atoms with E-state index < -0.39 is 0 Å². The van der Waals surface area contributed by atoms with Crippen LogP contribution in [0, 0.1) is 0 Å². The molecule has 0 spiro atoms. The average Bonchev–Trinajstić information content (AvgIpc) is 2.31. The van der Waals surface area contributed by atoms with Gasteiger partial charge in [0.25, 0.3) is 0 Å². The second-order valence-corrected chi connectivity index (χ2v) is 4.32. The quantitative estimate of drug-likeness (QED) is 0.803. The highest BCUT2D eigenvalue weighted by atomic mass is 15.2. The fourth-order valence-electron chi connectivity index (χ4n) is 2.21. The summed E-state index contributed by atoms with van der Waals surface area (Å²) in [6.45, 7) is 6.98. The molecule has 1 aromatic carbocycles. The van der Waals surface area contributed by atoms with Gasteiger partial charge in [-0.05, 0) is 18.9 Å². The zero-order chi connectivity index (χ0) is 10.5. The first kappa shape index (κ1) is 10.7. The Kier molecular flexibility index (Phi) is 3.75. The number of hydrogen-bond acceptors (Lipinski definition) is 2. The van der Waals surface area contributed by atoms with Crippen molar-refractivity contribution in [1.82, 2.24) is 10.2 Å². The largest absolute Gasteiger partial charge is 0.314 e. The summed E-state index contributed by atoms with van der Waals surface area (Å²) >= 11 is 0. The van der Waals surface area contributed by atoms with E-state index in [1.54, 1.807) is 0 Å². The lowest BCUT2D eigenvalue weighted by Gasteiger charge is -2.32. The molecule has 0 radical (unpaired) electrons. The molecule has 2 rings (SSSR count). The maximum Gasteiger partial charge on any atom is 0.0110 e. The van der Waals surface area contributed by atoms with Crippen molar-refractivity contribution in [3.8, 4) is 0 Å². The topological polar surface area (TPSA) is 15.3 Å². The van der Waals surface area contributed by atoms with Gasteiger partial charge in [0.2, 0.25) is 0 Å². The Morgan fingerprint density at radius 1 is 1.20 bits per heavy atom. The van der Waals surface area contributed by atoms with Gasteiger partial charge in [0, 0.05) is 32.2 Å². The molecule has 0 saturated carbocycles. The first-order valence-corrected chi connectivity index (χ1v) is 5.85. The van der Waals surface area contributed by atoms with E-state index in [9.17, 15) is 0 Å². The van der Waals surface area contributed by atoms with Crippen LogP contribution in [0.3, 0.4) is 0 Å². The van der Waals surface area contributed by atoms with Crippen molar-refractivity contribution in [2.45, 2.75) is 19.4 Å². The van der Waals surface area contributed by atoms with Gasteiger partial charge in [-0.25, -0.2) is 0 Å². The summed E-state index contributed by atoms with van der Waals surface area (Å²) in [5.74, 6) is 0. The summed E-state index contributed by atoms with van der Waals surface area (Å²) in [5.41, 5.74) is 1.45. The van der Waals surface area contributed by atoms with Crippen molar-refractivity contribution in [3.63, 3.8) is 0 Å². The number of nitrogens with one attached hydrogen (secondary N) is 1. The molecular formula is C13H20N2. The number of nitrogens with zero attached hydrogens (tertiary/aromatic N) is 1. The molecule has 1 N–H and O–H groups in total. The Labute approximate surface area is 92.3 Å². The van der Waals surface area contributed by atoms with Crippen molar-refractivity contribution in [1.29, 1.82) is 0 Å². The van der Waals surface area contributed by atoms with E-state index in [1.807, 2.05) is 0 Å². The Bertz CT molecular complexity index is 278. The van der Waals surface area contributed by atoms with E-state index in [1.165, 1.54) is 25.1 Å². The van der Waals surface area contributed by atoms with E-state index in [-0.39, 0.29) is 0 Å². The summed E-state index contributed by atoms with van der Waals surface area (Å²) in [4.78, 5) is 2.57. The third kappa shape index (κ3) is 3.05. The Hall–Kier alpha value is -0.860. The number of hydrogen-bond donors (Lipinski definition) is 1. The van der Waals surface area contributed by atoms with Gasteiger partial charge in [-0.3, -0.25) is 4.90 Å². The summed E-state index contributed by atoms with van der Waals surface area (Å²) in [7, 11) is 0. The zero-order valence-electron chi connectivity index (χ0n) is 9.45. The molecule has 0 amide bonds. The average molecular weight is 204 g/mol. The molecule has 0 aromatic heterocycles. The highest BCUT2D eigenvalue weighted by molar-refractivity contribution is 5.15. The fourth-order valence-corrected chi connectivity index (χ4v) is 2.21. The monoisotopic (exact) mass is 204 g/mol. The van der Waals surface area contributed by atoms with Crippen LogP contribution in [-0.4, -0.2) is 37.1 Å². The van der Waals surface area contributed by atoms with E-state index in [2.05, 4.69) is 47.5 Å². The molecule has 1 aliphatic rings. The highest BCUT2D eigenvalue weighted by Crippen LogP contribution is 2.09. The first-order valence-electron chi connectivity index (χ1n) is 5.85. The van der Waals surface area contributed by atoms with Crippen molar-refractivity contribution in [2.24, 2.45) is 0 Å². The van der Waals surface area contributed by atoms with E-state index in [0.29, 0.717) is 6.04 Å². The van der Waals surface area contributed by atoms with E-state index >= 15 is 0 Å². The predicted octanol–water partition coefficient (Wildman–Crippen LogP) is 1.52. The first-order chi connectivity index (χ1) is 7.36.